The average molecular weight is 680 g/mol. The summed E-state index contributed by atoms with van der Waals surface area (Å²) in [5.41, 5.74) is 7.86. The molecule has 1 N–H and O–H groups in total. The van der Waals surface area contributed by atoms with Crippen molar-refractivity contribution in [3.63, 3.8) is 0 Å². The van der Waals surface area contributed by atoms with E-state index in [0.717, 1.165) is 27.8 Å². The van der Waals surface area contributed by atoms with Crippen LogP contribution in [0.15, 0.2) is 146 Å². The van der Waals surface area contributed by atoms with Crippen molar-refractivity contribution >= 4 is 28.7 Å². The molecule has 0 saturated heterocycles. The zero-order chi connectivity index (χ0) is 31.6. The molecule has 3 spiro atoms. The van der Waals surface area contributed by atoms with Crippen molar-refractivity contribution in [3.05, 3.63) is 133 Å². The van der Waals surface area contributed by atoms with Crippen LogP contribution in [0.1, 0.15) is 5.56 Å². The average Bonchev–Trinajstić information content (AvgIpc) is 3.30. The molecule has 4 aliphatic rings. The van der Waals surface area contributed by atoms with Gasteiger partial charge >= 0.3 is 15.3 Å². The van der Waals surface area contributed by atoms with Gasteiger partial charge in [0.1, 0.15) is 23.0 Å². The van der Waals surface area contributed by atoms with Crippen molar-refractivity contribution in [1.29, 1.82) is 0 Å². The normalized spacial score (nSPS) is 21.1. The Bertz CT molecular complexity index is 2090. The van der Waals surface area contributed by atoms with Crippen molar-refractivity contribution in [2.24, 2.45) is 18.6 Å². The summed E-state index contributed by atoms with van der Waals surface area (Å²) < 4.78 is 47.4. The minimum Gasteiger partial charge on any atom is -0.413 e. The number of amidine groups is 1. The molecule has 4 heterocycles. The first-order valence-corrected chi connectivity index (χ1v) is 19.6. The molecule has 0 amide bonds. The molecule has 0 aromatic heterocycles. The van der Waals surface area contributed by atoms with E-state index in [-0.39, 0.29) is 0 Å². The number of nitrogens with zero attached hydrogens (tertiary/aromatic N) is 6. The molecule has 1 unspecified atom stereocenters. The minimum atomic E-state index is -3.66. The van der Waals surface area contributed by atoms with Gasteiger partial charge in [-0.3, -0.25) is 5.43 Å². The fourth-order valence-corrected chi connectivity index (χ4v) is 16.4. The summed E-state index contributed by atoms with van der Waals surface area (Å²) in [7, 11) is -6.81. The number of rotatable bonds is 1. The first kappa shape index (κ1) is 28.4. The monoisotopic (exact) mass is 679 g/mol. The van der Waals surface area contributed by atoms with Gasteiger partial charge in [0.2, 0.25) is 0 Å². The summed E-state index contributed by atoms with van der Waals surface area (Å²) >= 11 is 0. The lowest BCUT2D eigenvalue weighted by atomic mass is 10.0. The van der Waals surface area contributed by atoms with Crippen molar-refractivity contribution in [2.75, 3.05) is 14.1 Å². The zero-order valence-corrected chi connectivity index (χ0v) is 28.0. The van der Waals surface area contributed by atoms with Crippen molar-refractivity contribution < 1.29 is 18.1 Å². The minimum absolute atomic E-state index is 0.593. The van der Waals surface area contributed by atoms with E-state index >= 15 is 0 Å². The molecule has 234 valence electrons. The number of hydrogen-bond acceptors (Lipinski definition) is 11. The Morgan fingerprint density at radius 3 is 1.34 bits per heavy atom. The van der Waals surface area contributed by atoms with Gasteiger partial charge in [-0.05, 0) is 24.3 Å². The standard InChI is InChI=1S/C33H28N7O4P3/c1-39-34-33(24-14-4-3-5-15-24)35-40(2)45(39)36-46(41-29-20-10-6-16-25(29)26-17-7-11-21-30(26)42-46)38-47(37-45)43-31-22-12-8-18-27(31)28-19-9-13-23-32(28)44-47/h3-23H,1-2H3,(H,34,35). The van der Waals surface area contributed by atoms with Crippen LogP contribution in [0.2, 0.25) is 0 Å². The Hall–Kier alpha value is -4.78. The summed E-state index contributed by atoms with van der Waals surface area (Å²) in [6.45, 7) is 0. The van der Waals surface area contributed by atoms with E-state index in [1.165, 1.54) is 0 Å². The molecule has 0 radical (unpaired) electrons. The highest BCUT2D eigenvalue weighted by atomic mass is 31.3. The number of hydrogen-bond donors (Lipinski definition) is 1. The Morgan fingerprint density at radius 1 is 0.489 bits per heavy atom. The second kappa shape index (κ2) is 10.6. The van der Waals surface area contributed by atoms with E-state index in [4.69, 9.17) is 36.7 Å². The van der Waals surface area contributed by atoms with Crippen LogP contribution in [0.5, 0.6) is 23.0 Å². The second-order valence-corrected chi connectivity index (χ2v) is 18.2. The summed E-state index contributed by atoms with van der Waals surface area (Å²) in [4.78, 5) is 0. The third kappa shape index (κ3) is 4.61. The summed E-state index contributed by atoms with van der Waals surface area (Å²) in [5.74, 6) is 3.02. The van der Waals surface area contributed by atoms with E-state index in [1.54, 1.807) is 4.78 Å². The van der Waals surface area contributed by atoms with E-state index in [2.05, 4.69) is 5.43 Å². The van der Waals surface area contributed by atoms with Gasteiger partial charge in [-0.2, -0.15) is 9.88 Å². The maximum absolute atomic E-state index is 6.91. The first-order chi connectivity index (χ1) is 22.9. The van der Waals surface area contributed by atoms with Crippen LogP contribution in [0.4, 0.5) is 0 Å². The van der Waals surface area contributed by atoms with Crippen LogP contribution in [0.25, 0.3) is 22.3 Å². The predicted molar refractivity (Wildman–Crippen MR) is 186 cm³/mol. The van der Waals surface area contributed by atoms with Gasteiger partial charge in [0.15, 0.2) is 5.84 Å². The fraction of sp³-hybridized carbons (Fsp3) is 0.0606. The highest BCUT2D eigenvalue weighted by molar-refractivity contribution is 7.80. The van der Waals surface area contributed by atoms with Crippen LogP contribution in [-0.4, -0.2) is 29.5 Å². The summed E-state index contributed by atoms with van der Waals surface area (Å²) in [6.07, 6.45) is 0. The van der Waals surface area contributed by atoms with Crippen LogP contribution >= 0.6 is 22.8 Å². The molecular weight excluding hydrogens is 651 g/mol. The highest BCUT2D eigenvalue weighted by Gasteiger charge is 2.52. The molecule has 1 atom stereocenters. The number of fused-ring (bicyclic) bond motifs is 6. The molecule has 0 saturated carbocycles. The van der Waals surface area contributed by atoms with Crippen molar-refractivity contribution in [3.8, 4) is 45.3 Å². The molecule has 4 aliphatic heterocycles. The second-order valence-electron chi connectivity index (χ2n) is 11.1. The first-order valence-electron chi connectivity index (χ1n) is 14.9. The molecule has 14 heteroatoms. The lowest BCUT2D eigenvalue weighted by molar-refractivity contribution is 0.398. The van der Waals surface area contributed by atoms with Gasteiger partial charge in [-0.25, -0.2) is 4.78 Å². The smallest absolute Gasteiger partial charge is 0.413 e. The van der Waals surface area contributed by atoms with Gasteiger partial charge in [0.05, 0.1) is 0 Å². The van der Waals surface area contributed by atoms with Crippen molar-refractivity contribution in [1.82, 2.24) is 15.0 Å². The summed E-state index contributed by atoms with van der Waals surface area (Å²) in [6, 6.07) is 41.2. The fourth-order valence-electron chi connectivity index (χ4n) is 5.87. The Kier molecular flexibility index (Phi) is 6.43. The van der Waals surface area contributed by atoms with Gasteiger partial charge in [0.25, 0.3) is 7.51 Å². The predicted octanol–water partition coefficient (Wildman–Crippen LogP) is 9.86. The molecule has 5 aromatic rings. The Balaban J connectivity index is 1.35. The van der Waals surface area contributed by atoms with Crippen molar-refractivity contribution in [2.45, 2.75) is 0 Å². The van der Waals surface area contributed by atoms with Gasteiger partial charge < -0.3 is 18.1 Å². The van der Waals surface area contributed by atoms with E-state index in [9.17, 15) is 0 Å². The molecule has 5 aromatic carbocycles. The third-order valence-electron chi connectivity index (χ3n) is 8.04. The molecular formula is C33H28N7O4P3. The van der Waals surface area contributed by atoms with Gasteiger partial charge in [-0.1, -0.05) is 108 Å². The van der Waals surface area contributed by atoms with Gasteiger partial charge in [-0.15, -0.1) is 9.03 Å². The number of nitrogens with one attached hydrogen (secondary N) is 1. The molecule has 11 nitrogen and oxygen atoms in total. The molecule has 0 fully saturated rings. The topological polar surface area (TPSA) is 105 Å². The lowest BCUT2D eigenvalue weighted by Crippen LogP contribution is -2.45. The Labute approximate surface area is 272 Å². The quantitative estimate of drug-likeness (QED) is 0.176. The van der Waals surface area contributed by atoms with Crippen LogP contribution in [0, 0.1) is 0 Å². The van der Waals surface area contributed by atoms with Crippen LogP contribution in [-0.2, 0) is 0 Å². The lowest BCUT2D eigenvalue weighted by Gasteiger charge is -2.42. The van der Waals surface area contributed by atoms with E-state index in [1.807, 2.05) is 146 Å². The third-order valence-corrected chi connectivity index (χ3v) is 17.1. The van der Waals surface area contributed by atoms with Crippen LogP contribution < -0.4 is 23.5 Å². The largest absolute Gasteiger partial charge is 0.458 e. The van der Waals surface area contributed by atoms with E-state index in [0.29, 0.717) is 28.8 Å². The molecule has 0 aliphatic carbocycles. The number of hydrazine groups is 1. The zero-order valence-electron chi connectivity index (χ0n) is 25.3. The maximum Gasteiger partial charge on any atom is 0.458 e. The maximum atomic E-state index is 6.91. The summed E-state index contributed by atoms with van der Waals surface area (Å²) in [5, 5.41) is 4.99. The van der Waals surface area contributed by atoms with E-state index < -0.39 is 22.8 Å². The molecule has 47 heavy (non-hydrogen) atoms. The Morgan fingerprint density at radius 2 is 0.894 bits per heavy atom. The number of hydrazone groups is 1. The number of benzene rings is 5. The SMILES string of the molecule is CN1N=C(c2ccccc2)NN(C)P12=NP1(=NP3(=N2)Oc2ccccc2-c2ccccc2O3)Oc2ccccc2-c2ccccc2O1. The molecule has 9 rings (SSSR count). The highest BCUT2D eigenvalue weighted by Crippen LogP contribution is 2.81. The molecule has 0 bridgehead atoms. The van der Waals surface area contributed by atoms with Crippen LogP contribution in [0.3, 0.4) is 0 Å². The number of para-hydroxylation sites is 4. The van der Waals surface area contributed by atoms with Gasteiger partial charge in [0, 0.05) is 41.9 Å².